The van der Waals surface area contributed by atoms with Crippen LogP contribution in [0, 0.1) is 11.8 Å². The Morgan fingerprint density at radius 1 is 1.31 bits per heavy atom. The van der Waals surface area contributed by atoms with Crippen molar-refractivity contribution in [3.8, 4) is 0 Å². The Hall–Kier alpha value is -0.960. The number of nitrogens with zero attached hydrogens (tertiary/aromatic N) is 1. The molecule has 1 aromatic rings. The number of thiophene rings is 1. The molecule has 2 heterocycles. The Balaban J connectivity index is 1.47. The van der Waals surface area contributed by atoms with Crippen molar-refractivity contribution in [3.05, 3.63) is 17.5 Å². The molecule has 3 rings (SSSR count). The zero-order valence-corrected chi connectivity index (χ0v) is 17.2. The van der Waals surface area contributed by atoms with Gasteiger partial charge in [0.25, 0.3) is 15.9 Å². The van der Waals surface area contributed by atoms with Gasteiger partial charge in [0, 0.05) is 6.04 Å². The van der Waals surface area contributed by atoms with Gasteiger partial charge in [-0.05, 0) is 29.7 Å². The molecule has 26 heavy (non-hydrogen) atoms. The lowest BCUT2D eigenvalue weighted by Gasteiger charge is -2.35. The van der Waals surface area contributed by atoms with Gasteiger partial charge in [0.1, 0.15) is 4.21 Å². The van der Waals surface area contributed by atoms with Crippen LogP contribution in [0.3, 0.4) is 0 Å². The van der Waals surface area contributed by atoms with Crippen LogP contribution in [0.2, 0.25) is 0 Å². The van der Waals surface area contributed by atoms with E-state index >= 15 is 0 Å². The molecule has 2 N–H and O–H groups in total. The highest BCUT2D eigenvalue weighted by molar-refractivity contribution is 7.91. The molecule has 1 saturated heterocycles. The summed E-state index contributed by atoms with van der Waals surface area (Å²) in [6.07, 6.45) is 3.50. The largest absolute Gasteiger partial charge is 0.348 e. The van der Waals surface area contributed by atoms with Crippen LogP contribution >= 0.6 is 11.3 Å². The summed E-state index contributed by atoms with van der Waals surface area (Å²) in [4.78, 5) is 13.6. The monoisotopic (exact) mass is 400 g/mol. The molecule has 2 aliphatic rings. The van der Waals surface area contributed by atoms with Gasteiger partial charge in [-0.2, -0.15) is 4.31 Å². The minimum absolute atomic E-state index is 0.0977. The van der Waals surface area contributed by atoms with Gasteiger partial charge in [0.15, 0.2) is 6.54 Å². The Kier molecular flexibility index (Phi) is 6.37. The van der Waals surface area contributed by atoms with Gasteiger partial charge in [-0.3, -0.25) is 4.79 Å². The summed E-state index contributed by atoms with van der Waals surface area (Å²) in [7, 11) is -3.37. The van der Waals surface area contributed by atoms with Gasteiger partial charge in [-0.15, -0.1) is 11.3 Å². The van der Waals surface area contributed by atoms with Gasteiger partial charge in [-0.25, -0.2) is 8.42 Å². The molecule has 0 bridgehead atoms. The maximum atomic E-state index is 12.6. The maximum Gasteiger partial charge on any atom is 0.275 e. The molecular formula is C18H30N3O3S2+. The molecule has 3 atom stereocenters. The van der Waals surface area contributed by atoms with E-state index in [1.165, 1.54) is 24.2 Å². The second-order valence-electron chi connectivity index (χ2n) is 7.70. The quantitative estimate of drug-likeness (QED) is 0.760. The van der Waals surface area contributed by atoms with Crippen LogP contribution in [0.1, 0.15) is 33.1 Å². The lowest BCUT2D eigenvalue weighted by molar-refractivity contribution is -0.895. The van der Waals surface area contributed by atoms with Gasteiger partial charge in [0.05, 0.1) is 26.2 Å². The van der Waals surface area contributed by atoms with E-state index in [0.29, 0.717) is 48.8 Å². The van der Waals surface area contributed by atoms with Crippen LogP contribution in [0.5, 0.6) is 0 Å². The Labute approximate surface area is 160 Å². The van der Waals surface area contributed by atoms with Gasteiger partial charge < -0.3 is 10.2 Å². The van der Waals surface area contributed by atoms with Crippen LogP contribution in [-0.2, 0) is 14.8 Å². The zero-order chi connectivity index (χ0) is 18.7. The molecule has 1 saturated carbocycles. The molecule has 2 fully saturated rings. The van der Waals surface area contributed by atoms with Crippen LogP contribution < -0.4 is 10.2 Å². The highest BCUT2D eigenvalue weighted by Gasteiger charge is 2.33. The second kappa shape index (κ2) is 8.37. The SMILES string of the molecule is C[C@@H]1[C@H](C)CCC[C@H]1NC(=O)C[NH+]1CCN(S(=O)(=O)c2cccs2)CC1. The molecule has 1 aliphatic carbocycles. The normalized spacial score (nSPS) is 28.8. The van der Waals surface area contributed by atoms with E-state index < -0.39 is 10.0 Å². The smallest absolute Gasteiger partial charge is 0.275 e. The molecule has 8 heteroatoms. The average molecular weight is 401 g/mol. The molecule has 0 unspecified atom stereocenters. The number of hydrogen-bond donors (Lipinski definition) is 2. The number of nitrogens with one attached hydrogen (secondary N) is 2. The van der Waals surface area contributed by atoms with E-state index in [-0.39, 0.29) is 11.9 Å². The summed E-state index contributed by atoms with van der Waals surface area (Å²) in [5.74, 6) is 1.28. The first-order chi connectivity index (χ1) is 12.4. The summed E-state index contributed by atoms with van der Waals surface area (Å²) in [6, 6.07) is 3.70. The maximum absolute atomic E-state index is 12.6. The molecule has 1 amide bonds. The number of carbonyl (C=O) groups is 1. The molecule has 0 spiro atoms. The topological polar surface area (TPSA) is 70.9 Å². The third kappa shape index (κ3) is 4.47. The lowest BCUT2D eigenvalue weighted by atomic mass is 9.78. The molecule has 1 aliphatic heterocycles. The summed E-state index contributed by atoms with van der Waals surface area (Å²) in [5, 5.41) is 5.00. The average Bonchev–Trinajstić information content (AvgIpc) is 3.15. The standard InChI is InChI=1S/C18H29N3O3S2/c1-14-5-3-6-16(15(14)2)19-17(22)13-20-8-10-21(11-9-20)26(23,24)18-7-4-12-25-18/h4,7,12,14-16H,3,5-6,8-11,13H2,1-2H3,(H,19,22)/p+1/t14-,15-,16-/m1/s1. The first-order valence-electron chi connectivity index (χ1n) is 9.54. The Bertz CT molecular complexity index is 697. The van der Waals surface area contributed by atoms with Gasteiger partial charge in [-0.1, -0.05) is 32.8 Å². The minimum Gasteiger partial charge on any atom is -0.348 e. The molecule has 146 valence electrons. The van der Waals surface area contributed by atoms with Crippen molar-refractivity contribution in [2.45, 2.75) is 43.4 Å². The van der Waals surface area contributed by atoms with Crippen molar-refractivity contribution >= 4 is 27.3 Å². The van der Waals surface area contributed by atoms with Crippen LogP contribution in [0.4, 0.5) is 0 Å². The van der Waals surface area contributed by atoms with Gasteiger partial charge >= 0.3 is 0 Å². The van der Waals surface area contributed by atoms with E-state index in [9.17, 15) is 13.2 Å². The molecular weight excluding hydrogens is 370 g/mol. The fourth-order valence-electron chi connectivity index (χ4n) is 4.03. The summed E-state index contributed by atoms with van der Waals surface area (Å²) >= 11 is 1.25. The summed E-state index contributed by atoms with van der Waals surface area (Å²) in [5.41, 5.74) is 0. The van der Waals surface area contributed by atoms with Crippen molar-refractivity contribution in [2.24, 2.45) is 11.8 Å². The Morgan fingerprint density at radius 3 is 2.69 bits per heavy atom. The zero-order valence-electron chi connectivity index (χ0n) is 15.6. The van der Waals surface area contributed by atoms with Crippen molar-refractivity contribution in [3.63, 3.8) is 0 Å². The fourth-order valence-corrected chi connectivity index (χ4v) is 6.61. The Morgan fingerprint density at radius 2 is 2.04 bits per heavy atom. The van der Waals surface area contributed by atoms with Crippen molar-refractivity contribution in [2.75, 3.05) is 32.7 Å². The molecule has 1 aromatic heterocycles. The van der Waals surface area contributed by atoms with E-state index in [2.05, 4.69) is 19.2 Å². The van der Waals surface area contributed by atoms with E-state index in [1.807, 2.05) is 0 Å². The van der Waals surface area contributed by atoms with Crippen molar-refractivity contribution in [1.82, 2.24) is 9.62 Å². The summed E-state index contributed by atoms with van der Waals surface area (Å²) in [6.45, 7) is 7.23. The number of rotatable bonds is 5. The van der Waals surface area contributed by atoms with Crippen LogP contribution in [0.15, 0.2) is 21.7 Å². The number of quaternary nitrogens is 1. The number of carbonyl (C=O) groups excluding carboxylic acids is 1. The molecule has 6 nitrogen and oxygen atoms in total. The third-order valence-corrected chi connectivity index (χ3v) is 9.25. The fraction of sp³-hybridized carbons (Fsp3) is 0.722. The molecule has 0 aromatic carbocycles. The number of amides is 1. The number of hydrogen-bond acceptors (Lipinski definition) is 4. The van der Waals surface area contributed by atoms with Crippen molar-refractivity contribution < 1.29 is 18.1 Å². The second-order valence-corrected chi connectivity index (χ2v) is 10.8. The lowest BCUT2D eigenvalue weighted by Crippen LogP contribution is -3.15. The predicted octanol–water partition coefficient (Wildman–Crippen LogP) is 0.578. The number of piperazine rings is 1. The first kappa shape index (κ1) is 19.8. The predicted molar refractivity (Wildman–Crippen MR) is 103 cm³/mol. The highest BCUT2D eigenvalue weighted by Crippen LogP contribution is 2.29. The minimum atomic E-state index is -3.37. The van der Waals surface area contributed by atoms with Crippen molar-refractivity contribution in [1.29, 1.82) is 0 Å². The van der Waals surface area contributed by atoms with Crippen LogP contribution in [0.25, 0.3) is 0 Å². The van der Waals surface area contributed by atoms with Crippen LogP contribution in [-0.4, -0.2) is 57.4 Å². The summed E-state index contributed by atoms with van der Waals surface area (Å²) < 4.78 is 27.1. The third-order valence-electron chi connectivity index (χ3n) is 5.98. The van der Waals surface area contributed by atoms with E-state index in [0.717, 1.165) is 11.3 Å². The first-order valence-corrected chi connectivity index (χ1v) is 11.9. The molecule has 0 radical (unpaired) electrons. The van der Waals surface area contributed by atoms with E-state index in [1.54, 1.807) is 21.8 Å². The number of sulfonamides is 1. The van der Waals surface area contributed by atoms with E-state index in [4.69, 9.17) is 0 Å². The highest BCUT2D eigenvalue weighted by atomic mass is 32.2. The van der Waals surface area contributed by atoms with Gasteiger partial charge in [0.2, 0.25) is 0 Å².